The lowest BCUT2D eigenvalue weighted by molar-refractivity contribution is -0.136. The van der Waals surface area contributed by atoms with E-state index in [2.05, 4.69) is 15.9 Å². The fourth-order valence-corrected chi connectivity index (χ4v) is 1.21. The number of aryl methyl sites for hydroxylation is 1. The third-order valence-corrected chi connectivity index (χ3v) is 2.31. The van der Waals surface area contributed by atoms with Crippen LogP contribution in [0.15, 0.2) is 22.7 Å². The molecule has 1 aromatic rings. The highest BCUT2D eigenvalue weighted by Gasteiger charge is 2.02. The van der Waals surface area contributed by atoms with Crippen LogP contribution in [0.1, 0.15) is 12.0 Å². The van der Waals surface area contributed by atoms with Crippen LogP contribution in [0.5, 0.6) is 5.75 Å². The minimum absolute atomic E-state index is 0.0844. The zero-order valence-electron chi connectivity index (χ0n) is 6.83. The van der Waals surface area contributed by atoms with Crippen molar-refractivity contribution in [3.05, 3.63) is 28.2 Å². The molecule has 4 heteroatoms. The largest absolute Gasteiger partial charge is 0.507 e. The summed E-state index contributed by atoms with van der Waals surface area (Å²) in [5.41, 5.74) is 0.822. The van der Waals surface area contributed by atoms with Gasteiger partial charge in [0.05, 0.1) is 4.47 Å². The normalized spacial score (nSPS) is 9.92. The maximum atomic E-state index is 10.3. The Morgan fingerprint density at radius 2 is 2.15 bits per heavy atom. The van der Waals surface area contributed by atoms with Crippen molar-refractivity contribution in [2.75, 3.05) is 0 Å². The quantitative estimate of drug-likeness (QED) is 0.857. The van der Waals surface area contributed by atoms with Gasteiger partial charge in [0.2, 0.25) is 0 Å². The van der Waals surface area contributed by atoms with Gasteiger partial charge in [-0.15, -0.1) is 0 Å². The summed E-state index contributed by atoms with van der Waals surface area (Å²) in [4.78, 5) is 10.3. The van der Waals surface area contributed by atoms with Crippen LogP contribution in [0.3, 0.4) is 0 Å². The third-order valence-electron chi connectivity index (χ3n) is 1.64. The van der Waals surface area contributed by atoms with E-state index >= 15 is 0 Å². The van der Waals surface area contributed by atoms with Crippen molar-refractivity contribution in [1.82, 2.24) is 0 Å². The number of carbonyl (C=O) groups is 1. The molecule has 0 aliphatic rings. The molecular weight excluding hydrogens is 236 g/mol. The number of hydrogen-bond donors (Lipinski definition) is 2. The highest BCUT2D eigenvalue weighted by atomic mass is 79.9. The van der Waals surface area contributed by atoms with Crippen LogP contribution in [-0.2, 0) is 11.2 Å². The number of aromatic hydroxyl groups is 1. The Hall–Kier alpha value is -1.03. The zero-order valence-corrected chi connectivity index (χ0v) is 8.41. The second-order valence-corrected chi connectivity index (χ2v) is 3.53. The Balaban J connectivity index is 2.68. The summed E-state index contributed by atoms with van der Waals surface area (Å²) in [6, 6.07) is 5.05. The fourth-order valence-electron chi connectivity index (χ4n) is 0.965. The molecule has 3 nitrogen and oxygen atoms in total. The number of rotatable bonds is 3. The molecule has 70 valence electrons. The average molecular weight is 245 g/mol. The predicted octanol–water partition coefficient (Wildman–Crippen LogP) is 2.17. The van der Waals surface area contributed by atoms with Crippen molar-refractivity contribution >= 4 is 21.9 Å². The molecule has 1 rings (SSSR count). The lowest BCUT2D eigenvalue weighted by Crippen LogP contribution is -1.97. The number of phenolic OH excluding ortho intramolecular Hbond substituents is 1. The summed E-state index contributed by atoms with van der Waals surface area (Å²) in [6.45, 7) is 0. The fraction of sp³-hybridized carbons (Fsp3) is 0.222. The van der Waals surface area contributed by atoms with Gasteiger partial charge in [0.25, 0.3) is 0 Å². The Morgan fingerprint density at radius 1 is 1.46 bits per heavy atom. The number of phenols is 1. The molecule has 0 atom stereocenters. The van der Waals surface area contributed by atoms with E-state index in [1.165, 1.54) is 0 Å². The van der Waals surface area contributed by atoms with Crippen molar-refractivity contribution in [2.24, 2.45) is 0 Å². The first-order valence-corrected chi connectivity index (χ1v) is 4.58. The van der Waals surface area contributed by atoms with Crippen molar-refractivity contribution < 1.29 is 15.0 Å². The second-order valence-electron chi connectivity index (χ2n) is 2.68. The van der Waals surface area contributed by atoms with E-state index in [0.29, 0.717) is 10.9 Å². The van der Waals surface area contributed by atoms with E-state index < -0.39 is 5.97 Å². The minimum atomic E-state index is -0.831. The Morgan fingerprint density at radius 3 is 2.69 bits per heavy atom. The molecule has 0 heterocycles. The topological polar surface area (TPSA) is 57.5 Å². The lowest BCUT2D eigenvalue weighted by Gasteiger charge is -2.01. The molecule has 0 amide bonds. The molecule has 0 aliphatic heterocycles. The summed E-state index contributed by atoms with van der Waals surface area (Å²) in [6.07, 6.45) is 0.525. The summed E-state index contributed by atoms with van der Waals surface area (Å²) in [5.74, 6) is -0.690. The third kappa shape index (κ3) is 3.06. The standard InChI is InChI=1S/C9H9BrO3/c10-7-3-1-6(5-8(7)11)2-4-9(12)13/h1,3,5,11H,2,4H2,(H,12,13). The smallest absolute Gasteiger partial charge is 0.303 e. The van der Waals surface area contributed by atoms with E-state index in [1.807, 2.05) is 0 Å². The van der Waals surface area contributed by atoms with Gasteiger partial charge in [-0.2, -0.15) is 0 Å². The first-order valence-electron chi connectivity index (χ1n) is 3.79. The van der Waals surface area contributed by atoms with Gasteiger partial charge >= 0.3 is 5.97 Å². The number of aliphatic carboxylic acids is 1. The molecule has 0 fully saturated rings. The van der Waals surface area contributed by atoms with Crippen molar-refractivity contribution in [3.8, 4) is 5.75 Å². The predicted molar refractivity (Wildman–Crippen MR) is 51.8 cm³/mol. The molecule has 0 aliphatic carbocycles. The Labute approximate surface area is 84.1 Å². The molecule has 13 heavy (non-hydrogen) atoms. The highest BCUT2D eigenvalue weighted by Crippen LogP contribution is 2.24. The molecule has 0 unspecified atom stereocenters. The average Bonchev–Trinajstić information content (AvgIpc) is 2.07. The van der Waals surface area contributed by atoms with Gasteiger partial charge in [0, 0.05) is 6.42 Å². The molecule has 0 saturated heterocycles. The van der Waals surface area contributed by atoms with E-state index in [9.17, 15) is 9.90 Å². The maximum Gasteiger partial charge on any atom is 0.303 e. The molecule has 0 saturated carbocycles. The molecule has 0 radical (unpaired) electrons. The Bertz CT molecular complexity index is 323. The van der Waals surface area contributed by atoms with Crippen molar-refractivity contribution in [2.45, 2.75) is 12.8 Å². The Kier molecular flexibility index (Phi) is 3.31. The number of halogens is 1. The van der Waals surface area contributed by atoms with Gasteiger partial charge in [-0.3, -0.25) is 4.79 Å². The van der Waals surface area contributed by atoms with Gasteiger partial charge in [-0.1, -0.05) is 6.07 Å². The number of hydrogen-bond acceptors (Lipinski definition) is 2. The van der Waals surface area contributed by atoms with Gasteiger partial charge in [0.1, 0.15) is 5.75 Å². The van der Waals surface area contributed by atoms with Crippen molar-refractivity contribution in [3.63, 3.8) is 0 Å². The van der Waals surface area contributed by atoms with E-state index in [4.69, 9.17) is 5.11 Å². The van der Waals surface area contributed by atoms with Crippen LogP contribution in [0.25, 0.3) is 0 Å². The first kappa shape index (κ1) is 10.1. The van der Waals surface area contributed by atoms with Crippen LogP contribution in [0.2, 0.25) is 0 Å². The van der Waals surface area contributed by atoms with E-state index in [1.54, 1.807) is 18.2 Å². The van der Waals surface area contributed by atoms with Gasteiger partial charge in [-0.05, 0) is 40.0 Å². The molecule has 0 bridgehead atoms. The van der Waals surface area contributed by atoms with Crippen LogP contribution in [0, 0.1) is 0 Å². The minimum Gasteiger partial charge on any atom is -0.507 e. The first-order chi connectivity index (χ1) is 6.09. The SMILES string of the molecule is O=C(O)CCc1ccc(Br)c(O)c1. The van der Waals surface area contributed by atoms with Crippen LogP contribution in [0.4, 0.5) is 0 Å². The second kappa shape index (κ2) is 4.28. The van der Waals surface area contributed by atoms with Gasteiger partial charge < -0.3 is 10.2 Å². The molecule has 0 aromatic heterocycles. The maximum absolute atomic E-state index is 10.3. The molecule has 1 aromatic carbocycles. The summed E-state index contributed by atoms with van der Waals surface area (Å²) in [7, 11) is 0. The summed E-state index contributed by atoms with van der Waals surface area (Å²) < 4.78 is 0.617. The lowest BCUT2D eigenvalue weighted by atomic mass is 10.1. The molecular formula is C9H9BrO3. The van der Waals surface area contributed by atoms with Crippen LogP contribution < -0.4 is 0 Å². The number of carboxylic acid groups (broad SMARTS) is 1. The summed E-state index contributed by atoms with van der Waals surface area (Å²) >= 11 is 3.14. The molecule has 2 N–H and O–H groups in total. The van der Waals surface area contributed by atoms with Gasteiger partial charge in [-0.25, -0.2) is 0 Å². The van der Waals surface area contributed by atoms with Crippen LogP contribution in [-0.4, -0.2) is 16.2 Å². The summed E-state index contributed by atoms with van der Waals surface area (Å²) in [5, 5.41) is 17.7. The van der Waals surface area contributed by atoms with Crippen LogP contribution >= 0.6 is 15.9 Å². The molecule has 0 spiro atoms. The van der Waals surface area contributed by atoms with E-state index in [0.717, 1.165) is 5.56 Å². The van der Waals surface area contributed by atoms with Crippen molar-refractivity contribution in [1.29, 1.82) is 0 Å². The zero-order chi connectivity index (χ0) is 9.84. The highest BCUT2D eigenvalue weighted by molar-refractivity contribution is 9.10. The van der Waals surface area contributed by atoms with Gasteiger partial charge in [0.15, 0.2) is 0 Å². The number of benzene rings is 1. The van der Waals surface area contributed by atoms with E-state index in [-0.39, 0.29) is 12.2 Å². The monoisotopic (exact) mass is 244 g/mol. The number of carboxylic acids is 1.